The number of ether oxygens (including phenoxy) is 1. The lowest BCUT2D eigenvalue weighted by atomic mass is 9.85. The monoisotopic (exact) mass is 326 g/mol. The summed E-state index contributed by atoms with van der Waals surface area (Å²) in [6.45, 7) is 11.9. The molecule has 3 heteroatoms. The van der Waals surface area contributed by atoms with Crippen LogP contribution in [0.4, 0.5) is 5.69 Å². The summed E-state index contributed by atoms with van der Waals surface area (Å²) in [7, 11) is 1.73. The van der Waals surface area contributed by atoms with Gasteiger partial charge in [0.25, 0.3) is 0 Å². The maximum Gasteiger partial charge on any atom is 0.120 e. The molecular formula is C21H30N2O. The topological polar surface area (TPSA) is 15.7 Å². The number of allylic oxidation sites excluding steroid dienone is 2. The van der Waals surface area contributed by atoms with Crippen LogP contribution < -0.4 is 9.64 Å². The maximum absolute atomic E-state index is 5.34. The summed E-state index contributed by atoms with van der Waals surface area (Å²) in [4.78, 5) is 5.06. The van der Waals surface area contributed by atoms with Gasteiger partial charge in [0.05, 0.1) is 7.11 Å². The minimum atomic E-state index is 0.707. The molecule has 3 nitrogen and oxygen atoms in total. The molecule has 1 heterocycles. The highest BCUT2D eigenvalue weighted by molar-refractivity contribution is 5.51. The van der Waals surface area contributed by atoms with Crippen molar-refractivity contribution in [3.05, 3.63) is 48.1 Å². The molecule has 0 bridgehead atoms. The van der Waals surface area contributed by atoms with Gasteiger partial charge in [-0.3, -0.25) is 4.90 Å². The smallest absolute Gasteiger partial charge is 0.120 e. The average molecular weight is 326 g/mol. The fourth-order valence-corrected chi connectivity index (χ4v) is 3.74. The molecule has 1 aromatic carbocycles. The van der Waals surface area contributed by atoms with Crippen LogP contribution >= 0.6 is 0 Å². The van der Waals surface area contributed by atoms with E-state index < -0.39 is 0 Å². The van der Waals surface area contributed by atoms with Crippen LogP contribution in [0.5, 0.6) is 5.75 Å². The Bertz CT molecular complexity index is 600. The van der Waals surface area contributed by atoms with E-state index in [0.717, 1.165) is 38.5 Å². The van der Waals surface area contributed by atoms with Gasteiger partial charge in [-0.05, 0) is 44.2 Å². The van der Waals surface area contributed by atoms with Gasteiger partial charge in [0.1, 0.15) is 5.75 Å². The number of hydrogen-bond acceptors (Lipinski definition) is 3. The van der Waals surface area contributed by atoms with Crippen LogP contribution in [0.3, 0.4) is 0 Å². The van der Waals surface area contributed by atoms with Crippen molar-refractivity contribution in [3.8, 4) is 5.75 Å². The van der Waals surface area contributed by atoms with E-state index in [-0.39, 0.29) is 0 Å². The summed E-state index contributed by atoms with van der Waals surface area (Å²) in [5.41, 5.74) is 4.25. The van der Waals surface area contributed by atoms with Crippen molar-refractivity contribution in [3.63, 3.8) is 0 Å². The zero-order valence-corrected chi connectivity index (χ0v) is 15.1. The molecule has 1 aromatic rings. The number of rotatable bonds is 5. The van der Waals surface area contributed by atoms with Crippen molar-refractivity contribution >= 4 is 5.69 Å². The fraction of sp³-hybridized carbons (Fsp3) is 0.524. The van der Waals surface area contributed by atoms with Crippen LogP contribution in [0, 0.1) is 5.92 Å². The second kappa shape index (κ2) is 7.89. The average Bonchev–Trinajstić information content (AvgIpc) is 2.63. The zero-order chi connectivity index (χ0) is 16.9. The van der Waals surface area contributed by atoms with Gasteiger partial charge in [-0.1, -0.05) is 29.9 Å². The van der Waals surface area contributed by atoms with Gasteiger partial charge >= 0.3 is 0 Å². The molecule has 0 aromatic heterocycles. The molecule has 1 saturated heterocycles. The van der Waals surface area contributed by atoms with E-state index in [1.54, 1.807) is 12.7 Å². The number of benzene rings is 1. The lowest BCUT2D eigenvalue weighted by molar-refractivity contribution is 0.273. The SMILES string of the molecule is C=C(C)[C@H]1CC=C(CN2CCN(c3cccc(OC)c3)CC2)CC1. The third kappa shape index (κ3) is 4.21. The molecule has 0 amide bonds. The van der Waals surface area contributed by atoms with E-state index in [0.29, 0.717) is 5.92 Å². The normalized spacial score (nSPS) is 22.2. The molecule has 3 rings (SSSR count). The Hall–Kier alpha value is -1.74. The Morgan fingerprint density at radius 1 is 1.25 bits per heavy atom. The summed E-state index contributed by atoms with van der Waals surface area (Å²) in [5, 5.41) is 0. The number of methoxy groups -OCH3 is 1. The van der Waals surface area contributed by atoms with Gasteiger partial charge in [-0.2, -0.15) is 0 Å². The van der Waals surface area contributed by atoms with E-state index in [1.807, 2.05) is 6.07 Å². The largest absolute Gasteiger partial charge is 0.497 e. The van der Waals surface area contributed by atoms with Crippen molar-refractivity contribution in [2.24, 2.45) is 5.92 Å². The van der Waals surface area contributed by atoms with Gasteiger partial charge in [-0.25, -0.2) is 0 Å². The highest BCUT2D eigenvalue weighted by atomic mass is 16.5. The van der Waals surface area contributed by atoms with Crippen LogP contribution in [-0.4, -0.2) is 44.7 Å². The number of piperazine rings is 1. The second-order valence-electron chi connectivity index (χ2n) is 7.14. The molecule has 1 aliphatic carbocycles. The Morgan fingerprint density at radius 3 is 2.67 bits per heavy atom. The van der Waals surface area contributed by atoms with E-state index in [2.05, 4.69) is 47.6 Å². The lowest BCUT2D eigenvalue weighted by Gasteiger charge is -2.37. The highest BCUT2D eigenvalue weighted by Gasteiger charge is 2.20. The first kappa shape index (κ1) is 17.1. The van der Waals surface area contributed by atoms with Crippen LogP contribution in [0.2, 0.25) is 0 Å². The molecule has 2 aliphatic rings. The summed E-state index contributed by atoms with van der Waals surface area (Å²) in [6, 6.07) is 8.40. The third-order valence-corrected chi connectivity index (χ3v) is 5.42. The standard InChI is InChI=1S/C21H30N2O/c1-17(2)19-9-7-18(8-10-19)16-22-11-13-23(14-12-22)20-5-4-6-21(15-20)24-3/h4-7,15,19H,1,8-14,16H2,2-3H3/t19-/m0/s1. The Labute approximate surface area is 146 Å². The lowest BCUT2D eigenvalue weighted by Crippen LogP contribution is -2.47. The van der Waals surface area contributed by atoms with Crippen LogP contribution in [-0.2, 0) is 0 Å². The minimum absolute atomic E-state index is 0.707. The van der Waals surface area contributed by atoms with Gasteiger partial charge in [0, 0.05) is 44.5 Å². The summed E-state index contributed by atoms with van der Waals surface area (Å²) in [5.74, 6) is 1.65. The van der Waals surface area contributed by atoms with E-state index in [9.17, 15) is 0 Å². The van der Waals surface area contributed by atoms with Crippen LogP contribution in [0.1, 0.15) is 26.2 Å². The summed E-state index contributed by atoms with van der Waals surface area (Å²) < 4.78 is 5.34. The fourth-order valence-electron chi connectivity index (χ4n) is 3.74. The maximum atomic E-state index is 5.34. The van der Waals surface area contributed by atoms with Gasteiger partial charge in [0.2, 0.25) is 0 Å². The van der Waals surface area contributed by atoms with E-state index in [1.165, 1.54) is 30.5 Å². The molecule has 24 heavy (non-hydrogen) atoms. The van der Waals surface area contributed by atoms with Crippen LogP contribution in [0.15, 0.2) is 48.1 Å². The molecule has 130 valence electrons. The molecule has 0 spiro atoms. The van der Waals surface area contributed by atoms with Crippen molar-refractivity contribution in [1.29, 1.82) is 0 Å². The van der Waals surface area contributed by atoms with Gasteiger partial charge in [0.15, 0.2) is 0 Å². The Morgan fingerprint density at radius 2 is 2.04 bits per heavy atom. The minimum Gasteiger partial charge on any atom is -0.497 e. The Balaban J connectivity index is 1.49. The quantitative estimate of drug-likeness (QED) is 0.757. The van der Waals surface area contributed by atoms with Crippen molar-refractivity contribution in [2.45, 2.75) is 26.2 Å². The first-order valence-electron chi connectivity index (χ1n) is 9.10. The second-order valence-corrected chi connectivity index (χ2v) is 7.14. The molecule has 0 radical (unpaired) electrons. The number of hydrogen-bond donors (Lipinski definition) is 0. The molecule has 0 unspecified atom stereocenters. The molecule has 0 N–H and O–H groups in total. The van der Waals surface area contributed by atoms with Gasteiger partial charge < -0.3 is 9.64 Å². The van der Waals surface area contributed by atoms with Crippen molar-refractivity contribution in [1.82, 2.24) is 4.90 Å². The van der Waals surface area contributed by atoms with Crippen molar-refractivity contribution in [2.75, 3.05) is 44.7 Å². The highest BCUT2D eigenvalue weighted by Crippen LogP contribution is 2.29. The summed E-state index contributed by atoms with van der Waals surface area (Å²) in [6.07, 6.45) is 6.18. The zero-order valence-electron chi connectivity index (χ0n) is 15.1. The molecule has 1 fully saturated rings. The third-order valence-electron chi connectivity index (χ3n) is 5.42. The predicted molar refractivity (Wildman–Crippen MR) is 102 cm³/mol. The van der Waals surface area contributed by atoms with Crippen molar-refractivity contribution < 1.29 is 4.74 Å². The summed E-state index contributed by atoms with van der Waals surface area (Å²) >= 11 is 0. The van der Waals surface area contributed by atoms with Gasteiger partial charge in [-0.15, -0.1) is 0 Å². The number of anilines is 1. The molecule has 0 saturated carbocycles. The van der Waals surface area contributed by atoms with E-state index >= 15 is 0 Å². The molecular weight excluding hydrogens is 296 g/mol. The van der Waals surface area contributed by atoms with E-state index in [4.69, 9.17) is 4.74 Å². The molecule has 1 aliphatic heterocycles. The Kier molecular flexibility index (Phi) is 5.62. The van der Waals surface area contributed by atoms with Crippen LogP contribution in [0.25, 0.3) is 0 Å². The predicted octanol–water partition coefficient (Wildman–Crippen LogP) is 4.12. The molecule has 1 atom stereocenters. The number of nitrogens with zero attached hydrogens (tertiary/aromatic N) is 2. The first-order valence-corrected chi connectivity index (χ1v) is 9.10. The first-order chi connectivity index (χ1) is 11.7.